The number of nitrogens with zero attached hydrogens (tertiary/aromatic N) is 4. The van der Waals surface area contributed by atoms with Crippen molar-refractivity contribution < 1.29 is 14.0 Å². The molecule has 2 aromatic rings. The number of halogens is 2. The van der Waals surface area contributed by atoms with Gasteiger partial charge in [-0.1, -0.05) is 19.0 Å². The number of carbonyl (C=O) groups excluding carboxylic acids is 2. The van der Waals surface area contributed by atoms with Crippen LogP contribution in [-0.4, -0.2) is 68.6 Å². The highest BCUT2D eigenvalue weighted by Crippen LogP contribution is 2.37. The molecule has 0 saturated carbocycles. The number of nitrogens with one attached hydrogen (secondary N) is 2. The zero-order valence-corrected chi connectivity index (χ0v) is 18.8. The van der Waals surface area contributed by atoms with Crippen molar-refractivity contribution in [2.24, 2.45) is 0 Å². The van der Waals surface area contributed by atoms with Gasteiger partial charge in [-0.3, -0.25) is 14.8 Å². The number of urea groups is 1. The number of aromatic amines is 1. The van der Waals surface area contributed by atoms with Crippen molar-refractivity contribution in [3.05, 3.63) is 45.9 Å². The summed E-state index contributed by atoms with van der Waals surface area (Å²) in [5, 5.41) is 9.86. The number of benzene rings is 1. The molecule has 2 fully saturated rings. The van der Waals surface area contributed by atoms with Crippen molar-refractivity contribution in [2.75, 3.05) is 25.0 Å². The number of anilines is 1. The van der Waals surface area contributed by atoms with Gasteiger partial charge in [-0.25, -0.2) is 9.18 Å². The summed E-state index contributed by atoms with van der Waals surface area (Å²) in [5.74, 6) is -0.648. The average Bonchev–Trinajstić information content (AvgIpc) is 3.46. The standard InChI is InChI=1S/C22H26ClFN6O2.CH4/c1-12-9-28-7-3-4-15(28)10-29(12)22(32)30-11-16-19(13(30)2)26-27-20(16)25-21(31)14-5-6-18(24)17(23)8-14;/h5-6,8,12-13,15H,3-4,7,9-11H2,1-2H3,(H2,25,26,27,31);1H4/t12-,13?,15-;/m0./s1. The molecule has 3 atom stereocenters. The van der Waals surface area contributed by atoms with Crippen molar-refractivity contribution >= 4 is 29.4 Å². The molecule has 3 aliphatic rings. The minimum atomic E-state index is -0.584. The molecular formula is C23H30ClFN6O2. The van der Waals surface area contributed by atoms with Gasteiger partial charge in [-0.2, -0.15) is 5.10 Å². The second-order valence-electron chi connectivity index (χ2n) is 8.93. The molecule has 2 saturated heterocycles. The van der Waals surface area contributed by atoms with Gasteiger partial charge in [0.1, 0.15) is 5.82 Å². The molecule has 0 spiro atoms. The summed E-state index contributed by atoms with van der Waals surface area (Å²) in [6.07, 6.45) is 2.33. The number of amides is 3. The van der Waals surface area contributed by atoms with Crippen molar-refractivity contribution in [3.8, 4) is 0 Å². The molecule has 10 heteroatoms. The van der Waals surface area contributed by atoms with Crippen LogP contribution in [0.15, 0.2) is 18.2 Å². The molecule has 2 N–H and O–H groups in total. The van der Waals surface area contributed by atoms with E-state index in [9.17, 15) is 14.0 Å². The minimum absolute atomic E-state index is 0. The predicted octanol–water partition coefficient (Wildman–Crippen LogP) is 4.26. The second kappa shape index (κ2) is 8.95. The highest BCUT2D eigenvalue weighted by molar-refractivity contribution is 6.31. The first-order valence-corrected chi connectivity index (χ1v) is 11.4. The van der Waals surface area contributed by atoms with Crippen LogP contribution in [0.4, 0.5) is 15.0 Å². The third-order valence-corrected chi connectivity index (χ3v) is 7.24. The van der Waals surface area contributed by atoms with Gasteiger partial charge in [0.05, 0.1) is 23.3 Å². The maximum absolute atomic E-state index is 13.5. The molecule has 1 aromatic heterocycles. The number of piperazine rings is 1. The summed E-state index contributed by atoms with van der Waals surface area (Å²) in [6.45, 7) is 7.22. The normalized spacial score (nSPS) is 24.3. The van der Waals surface area contributed by atoms with Crippen LogP contribution in [0.1, 0.15) is 61.8 Å². The fraction of sp³-hybridized carbons (Fsp3) is 0.522. The zero-order valence-electron chi connectivity index (χ0n) is 18.1. The smallest absolute Gasteiger partial charge is 0.319 e. The molecule has 4 heterocycles. The van der Waals surface area contributed by atoms with Gasteiger partial charge in [0, 0.05) is 36.3 Å². The van der Waals surface area contributed by atoms with Crippen LogP contribution in [0.5, 0.6) is 0 Å². The Balaban J connectivity index is 0.00000259. The van der Waals surface area contributed by atoms with Gasteiger partial charge >= 0.3 is 6.03 Å². The largest absolute Gasteiger partial charge is 0.321 e. The van der Waals surface area contributed by atoms with Gasteiger partial charge in [0.2, 0.25) is 0 Å². The van der Waals surface area contributed by atoms with Gasteiger partial charge in [0.15, 0.2) is 5.82 Å². The Morgan fingerprint density at radius 1 is 1.24 bits per heavy atom. The summed E-state index contributed by atoms with van der Waals surface area (Å²) in [5.41, 5.74) is 1.84. The third-order valence-electron chi connectivity index (χ3n) is 6.96. The molecule has 3 amide bonds. The van der Waals surface area contributed by atoms with E-state index in [-0.39, 0.29) is 36.1 Å². The SMILES string of the molecule is C.CC1c2[nH]nc(NC(=O)c3ccc(F)c(Cl)c3)c2CN1C(=O)N1C[C@@H]2CCCN2C[C@@H]1C. The molecule has 1 unspecified atom stereocenters. The third kappa shape index (κ3) is 4.08. The van der Waals surface area contributed by atoms with Gasteiger partial charge in [-0.05, 0) is 51.4 Å². The number of fused-ring (bicyclic) bond motifs is 2. The minimum Gasteiger partial charge on any atom is -0.319 e. The van der Waals surface area contributed by atoms with E-state index in [1.54, 1.807) is 0 Å². The van der Waals surface area contributed by atoms with E-state index in [0.717, 1.165) is 43.4 Å². The lowest BCUT2D eigenvalue weighted by Crippen LogP contribution is -2.59. The molecule has 3 aliphatic heterocycles. The second-order valence-corrected chi connectivity index (χ2v) is 9.33. The topological polar surface area (TPSA) is 84.6 Å². The van der Waals surface area contributed by atoms with Crippen LogP contribution < -0.4 is 5.32 Å². The maximum Gasteiger partial charge on any atom is 0.321 e. The summed E-state index contributed by atoms with van der Waals surface area (Å²) in [4.78, 5) is 32.4. The Morgan fingerprint density at radius 2 is 2.03 bits per heavy atom. The fourth-order valence-corrected chi connectivity index (χ4v) is 5.30. The average molecular weight is 477 g/mol. The number of H-pyrrole nitrogens is 1. The Morgan fingerprint density at radius 3 is 2.79 bits per heavy atom. The van der Waals surface area contributed by atoms with Crippen molar-refractivity contribution in [1.82, 2.24) is 24.9 Å². The lowest BCUT2D eigenvalue weighted by molar-refractivity contribution is 0.0580. The number of hydrogen-bond donors (Lipinski definition) is 2. The quantitative estimate of drug-likeness (QED) is 0.678. The van der Waals surface area contributed by atoms with Gasteiger partial charge in [0.25, 0.3) is 5.91 Å². The van der Waals surface area contributed by atoms with E-state index < -0.39 is 11.7 Å². The molecule has 0 bridgehead atoms. The van der Waals surface area contributed by atoms with Crippen LogP contribution >= 0.6 is 11.6 Å². The van der Waals surface area contributed by atoms with E-state index in [1.807, 2.05) is 16.7 Å². The summed E-state index contributed by atoms with van der Waals surface area (Å²) < 4.78 is 13.4. The van der Waals surface area contributed by atoms with E-state index in [1.165, 1.54) is 18.6 Å². The van der Waals surface area contributed by atoms with Crippen LogP contribution in [0, 0.1) is 5.82 Å². The van der Waals surface area contributed by atoms with Crippen LogP contribution in [0.3, 0.4) is 0 Å². The van der Waals surface area contributed by atoms with E-state index in [4.69, 9.17) is 11.6 Å². The monoisotopic (exact) mass is 476 g/mol. The Bertz CT molecular complexity index is 1080. The molecule has 8 nitrogen and oxygen atoms in total. The summed E-state index contributed by atoms with van der Waals surface area (Å²) in [6, 6.07) is 4.25. The van der Waals surface area contributed by atoms with E-state index in [2.05, 4.69) is 27.3 Å². The molecule has 1 aromatic carbocycles. The Hall–Kier alpha value is -2.65. The Labute approximate surface area is 198 Å². The van der Waals surface area contributed by atoms with Crippen molar-refractivity contribution in [2.45, 2.75) is 58.8 Å². The van der Waals surface area contributed by atoms with E-state index >= 15 is 0 Å². The van der Waals surface area contributed by atoms with Crippen molar-refractivity contribution in [1.29, 1.82) is 0 Å². The number of aromatic nitrogens is 2. The van der Waals surface area contributed by atoms with E-state index in [0.29, 0.717) is 18.4 Å². The zero-order chi connectivity index (χ0) is 22.6. The first-order chi connectivity index (χ1) is 15.3. The van der Waals surface area contributed by atoms with Crippen LogP contribution in [-0.2, 0) is 6.54 Å². The maximum atomic E-state index is 13.5. The van der Waals surface area contributed by atoms with Crippen LogP contribution in [0.25, 0.3) is 0 Å². The fourth-order valence-electron chi connectivity index (χ4n) is 5.12. The summed E-state index contributed by atoms with van der Waals surface area (Å²) >= 11 is 5.80. The summed E-state index contributed by atoms with van der Waals surface area (Å²) in [7, 11) is 0. The highest BCUT2D eigenvalue weighted by atomic mass is 35.5. The first kappa shape index (κ1) is 23.5. The predicted molar refractivity (Wildman–Crippen MR) is 125 cm³/mol. The molecule has 5 rings (SSSR count). The first-order valence-electron chi connectivity index (χ1n) is 11.0. The lowest BCUT2D eigenvalue weighted by Gasteiger charge is -2.44. The number of carbonyl (C=O) groups is 2. The Kier molecular flexibility index (Phi) is 6.37. The highest BCUT2D eigenvalue weighted by Gasteiger charge is 2.42. The van der Waals surface area contributed by atoms with Crippen LogP contribution in [0.2, 0.25) is 5.02 Å². The van der Waals surface area contributed by atoms with Crippen molar-refractivity contribution in [3.63, 3.8) is 0 Å². The molecule has 33 heavy (non-hydrogen) atoms. The van der Waals surface area contributed by atoms with Gasteiger partial charge < -0.3 is 15.1 Å². The molecule has 178 valence electrons. The number of rotatable bonds is 2. The molecular weight excluding hydrogens is 447 g/mol. The molecule has 0 radical (unpaired) electrons. The van der Waals surface area contributed by atoms with Gasteiger partial charge in [-0.15, -0.1) is 0 Å². The lowest BCUT2D eigenvalue weighted by atomic mass is 10.1. The number of hydrogen-bond acceptors (Lipinski definition) is 4. The molecule has 0 aliphatic carbocycles.